The van der Waals surface area contributed by atoms with Crippen molar-refractivity contribution in [2.75, 3.05) is 19.7 Å². The largest absolute Gasteiger partial charge is 0.491 e. The predicted molar refractivity (Wildman–Crippen MR) is 98.6 cm³/mol. The van der Waals surface area contributed by atoms with Gasteiger partial charge in [0.15, 0.2) is 0 Å². The van der Waals surface area contributed by atoms with E-state index in [0.717, 1.165) is 30.9 Å². The summed E-state index contributed by atoms with van der Waals surface area (Å²) in [6, 6.07) is 6.09. The number of ether oxygens (including phenoxy) is 2. The van der Waals surface area contributed by atoms with Crippen LogP contribution in [0.25, 0.3) is 0 Å². The standard InChI is InChI=1S/C19H29NO3.ClH/c1-2-3-10-20-12-14(21)13-22-15-8-9-19-17(11-15)16-6-4-5-7-18(16)23-19;/h8-9,11,14,16,18,20-21H,2-7,10,12-13H2,1H3;1H. The van der Waals surface area contributed by atoms with Crippen LogP contribution in [0.4, 0.5) is 0 Å². The molecule has 2 aliphatic rings. The van der Waals surface area contributed by atoms with Crippen molar-refractivity contribution >= 4 is 12.4 Å². The highest BCUT2D eigenvalue weighted by molar-refractivity contribution is 5.85. The molecule has 1 heterocycles. The van der Waals surface area contributed by atoms with E-state index >= 15 is 0 Å². The van der Waals surface area contributed by atoms with Gasteiger partial charge in [-0.25, -0.2) is 0 Å². The van der Waals surface area contributed by atoms with Crippen LogP contribution in [0.2, 0.25) is 0 Å². The van der Waals surface area contributed by atoms with Gasteiger partial charge >= 0.3 is 0 Å². The SMILES string of the molecule is CCCCNCC(O)COc1ccc2c(c1)C1CCCCC1O2.Cl. The van der Waals surface area contributed by atoms with Crippen molar-refractivity contribution in [1.29, 1.82) is 0 Å². The summed E-state index contributed by atoms with van der Waals surface area (Å²) in [6.07, 6.45) is 7.14. The van der Waals surface area contributed by atoms with Crippen LogP contribution in [0.3, 0.4) is 0 Å². The molecule has 2 N–H and O–H groups in total. The van der Waals surface area contributed by atoms with Gasteiger partial charge in [0, 0.05) is 18.0 Å². The lowest BCUT2D eigenvalue weighted by Crippen LogP contribution is -2.31. The molecule has 0 aromatic heterocycles. The molecule has 3 rings (SSSR count). The molecule has 1 aromatic carbocycles. The highest BCUT2D eigenvalue weighted by Gasteiger charge is 2.36. The van der Waals surface area contributed by atoms with Crippen molar-refractivity contribution in [3.63, 3.8) is 0 Å². The van der Waals surface area contributed by atoms with Crippen LogP contribution >= 0.6 is 12.4 Å². The van der Waals surface area contributed by atoms with E-state index in [1.807, 2.05) is 12.1 Å². The smallest absolute Gasteiger partial charge is 0.123 e. The molecule has 24 heavy (non-hydrogen) atoms. The van der Waals surface area contributed by atoms with Gasteiger partial charge in [-0.15, -0.1) is 12.4 Å². The Morgan fingerprint density at radius 3 is 3.00 bits per heavy atom. The molecule has 1 saturated carbocycles. The third kappa shape index (κ3) is 4.78. The lowest BCUT2D eigenvalue weighted by molar-refractivity contribution is 0.106. The van der Waals surface area contributed by atoms with Gasteiger partial charge in [-0.1, -0.05) is 19.8 Å². The number of fused-ring (bicyclic) bond motifs is 3. The first kappa shape index (κ1) is 19.4. The number of hydrogen-bond donors (Lipinski definition) is 2. The average Bonchev–Trinajstić information content (AvgIpc) is 2.95. The zero-order chi connectivity index (χ0) is 16.1. The van der Waals surface area contributed by atoms with Crippen molar-refractivity contribution < 1.29 is 14.6 Å². The highest BCUT2D eigenvalue weighted by atomic mass is 35.5. The molecule has 0 radical (unpaired) electrons. The van der Waals surface area contributed by atoms with Crippen LogP contribution in [0, 0.1) is 0 Å². The first-order valence-corrected chi connectivity index (χ1v) is 9.10. The number of halogens is 1. The minimum Gasteiger partial charge on any atom is -0.491 e. The molecule has 3 atom stereocenters. The quantitative estimate of drug-likeness (QED) is 0.699. The number of rotatable bonds is 8. The Labute approximate surface area is 151 Å². The van der Waals surface area contributed by atoms with Crippen LogP contribution < -0.4 is 14.8 Å². The molecule has 0 spiro atoms. The second kappa shape index (κ2) is 9.50. The molecule has 0 saturated heterocycles. The molecule has 5 heteroatoms. The fourth-order valence-corrected chi connectivity index (χ4v) is 3.59. The topological polar surface area (TPSA) is 50.7 Å². The molecule has 0 amide bonds. The van der Waals surface area contributed by atoms with E-state index in [2.05, 4.69) is 18.3 Å². The number of aliphatic hydroxyl groups is 1. The molecule has 1 aliphatic heterocycles. The lowest BCUT2D eigenvalue weighted by atomic mass is 9.83. The fraction of sp³-hybridized carbons (Fsp3) is 0.684. The monoisotopic (exact) mass is 355 g/mol. The Morgan fingerprint density at radius 1 is 1.33 bits per heavy atom. The van der Waals surface area contributed by atoms with Gasteiger partial charge in [0.2, 0.25) is 0 Å². The van der Waals surface area contributed by atoms with E-state index in [9.17, 15) is 5.11 Å². The van der Waals surface area contributed by atoms with E-state index < -0.39 is 6.10 Å². The summed E-state index contributed by atoms with van der Waals surface area (Å²) in [6.45, 7) is 4.02. The molecule has 3 unspecified atom stereocenters. The maximum absolute atomic E-state index is 9.98. The molecule has 4 nitrogen and oxygen atoms in total. The minimum absolute atomic E-state index is 0. The zero-order valence-electron chi connectivity index (χ0n) is 14.5. The molecular weight excluding hydrogens is 326 g/mol. The van der Waals surface area contributed by atoms with Gasteiger partial charge in [0.1, 0.15) is 30.3 Å². The van der Waals surface area contributed by atoms with E-state index in [4.69, 9.17) is 9.47 Å². The Morgan fingerprint density at radius 2 is 2.17 bits per heavy atom. The van der Waals surface area contributed by atoms with Crippen molar-refractivity contribution in [3.05, 3.63) is 23.8 Å². The third-order valence-corrected chi connectivity index (χ3v) is 4.89. The van der Waals surface area contributed by atoms with Gasteiger partial charge < -0.3 is 19.9 Å². The fourth-order valence-electron chi connectivity index (χ4n) is 3.59. The van der Waals surface area contributed by atoms with Crippen molar-refractivity contribution in [1.82, 2.24) is 5.32 Å². The van der Waals surface area contributed by atoms with Crippen molar-refractivity contribution in [2.24, 2.45) is 0 Å². The molecule has 1 aromatic rings. The summed E-state index contributed by atoms with van der Waals surface area (Å²) in [5, 5.41) is 13.2. The Balaban J connectivity index is 0.00000208. The Kier molecular flexibility index (Phi) is 7.66. The molecule has 1 aliphatic carbocycles. The van der Waals surface area contributed by atoms with Crippen LogP contribution in [-0.4, -0.2) is 37.0 Å². The summed E-state index contributed by atoms with van der Waals surface area (Å²) in [5.74, 6) is 2.39. The van der Waals surface area contributed by atoms with E-state index in [1.54, 1.807) is 0 Å². The van der Waals surface area contributed by atoms with Crippen LogP contribution in [0.15, 0.2) is 18.2 Å². The third-order valence-electron chi connectivity index (χ3n) is 4.89. The Hall–Kier alpha value is -0.970. The van der Waals surface area contributed by atoms with Crippen LogP contribution in [0.1, 0.15) is 56.9 Å². The second-order valence-electron chi connectivity index (χ2n) is 6.77. The second-order valence-corrected chi connectivity index (χ2v) is 6.77. The van der Waals surface area contributed by atoms with Gasteiger partial charge in [-0.3, -0.25) is 0 Å². The normalized spacial score (nSPS) is 22.8. The molecule has 1 fully saturated rings. The first-order chi connectivity index (χ1) is 11.3. The van der Waals surface area contributed by atoms with Gasteiger partial charge in [-0.2, -0.15) is 0 Å². The summed E-state index contributed by atoms with van der Waals surface area (Å²) < 4.78 is 11.8. The van der Waals surface area contributed by atoms with Gasteiger partial charge in [0.25, 0.3) is 0 Å². The van der Waals surface area contributed by atoms with Crippen molar-refractivity contribution in [2.45, 2.75) is 63.6 Å². The maximum atomic E-state index is 9.98. The summed E-state index contributed by atoms with van der Waals surface area (Å²) in [5.41, 5.74) is 1.29. The minimum atomic E-state index is -0.473. The summed E-state index contributed by atoms with van der Waals surface area (Å²) in [4.78, 5) is 0. The van der Waals surface area contributed by atoms with Crippen LogP contribution in [-0.2, 0) is 0 Å². The Bertz CT molecular complexity index is 511. The van der Waals surface area contributed by atoms with E-state index in [1.165, 1.54) is 31.2 Å². The van der Waals surface area contributed by atoms with Crippen LogP contribution in [0.5, 0.6) is 11.5 Å². The number of nitrogens with one attached hydrogen (secondary N) is 1. The lowest BCUT2D eigenvalue weighted by Gasteiger charge is -2.23. The number of unbranched alkanes of at least 4 members (excludes halogenated alkanes) is 1. The number of benzene rings is 1. The molecule has 136 valence electrons. The molecular formula is C19H30ClNO3. The van der Waals surface area contributed by atoms with E-state index in [0.29, 0.717) is 25.2 Å². The average molecular weight is 356 g/mol. The highest BCUT2D eigenvalue weighted by Crippen LogP contribution is 2.46. The molecule has 0 bridgehead atoms. The number of hydrogen-bond acceptors (Lipinski definition) is 4. The first-order valence-electron chi connectivity index (χ1n) is 9.10. The predicted octanol–water partition coefficient (Wildman–Crippen LogP) is 3.66. The van der Waals surface area contributed by atoms with Crippen molar-refractivity contribution in [3.8, 4) is 11.5 Å². The summed E-state index contributed by atoms with van der Waals surface area (Å²) >= 11 is 0. The zero-order valence-corrected chi connectivity index (χ0v) is 15.3. The van der Waals surface area contributed by atoms with Gasteiger partial charge in [-0.05, 0) is 50.4 Å². The van der Waals surface area contributed by atoms with Gasteiger partial charge in [0.05, 0.1) is 0 Å². The van der Waals surface area contributed by atoms with E-state index in [-0.39, 0.29) is 12.4 Å². The number of aliphatic hydroxyl groups excluding tert-OH is 1. The summed E-state index contributed by atoms with van der Waals surface area (Å²) in [7, 11) is 0. The maximum Gasteiger partial charge on any atom is 0.123 e.